The van der Waals surface area contributed by atoms with Crippen molar-refractivity contribution in [2.75, 3.05) is 0 Å². The third-order valence-corrected chi connectivity index (χ3v) is 2.94. The number of fused-ring (bicyclic) bond motifs is 1. The van der Waals surface area contributed by atoms with Crippen LogP contribution in [0.4, 0.5) is 4.79 Å². The third-order valence-electron chi connectivity index (χ3n) is 2.71. The van der Waals surface area contributed by atoms with E-state index in [1.165, 1.54) is 4.57 Å². The summed E-state index contributed by atoms with van der Waals surface area (Å²) in [5.41, 5.74) is 0.875. The molecule has 0 bridgehead atoms. The minimum atomic E-state index is -0.574. The summed E-state index contributed by atoms with van der Waals surface area (Å²) < 4.78 is 6.78. The van der Waals surface area contributed by atoms with Gasteiger partial charge in [0.1, 0.15) is 5.60 Å². The lowest BCUT2D eigenvalue weighted by molar-refractivity contribution is 0.0544. The van der Waals surface area contributed by atoms with Gasteiger partial charge in [-0.15, -0.1) is 0 Å². The SMILES string of the molecule is CC(C)(C)OC(=O)n1cc(CC#N)c2cc(Cl)ccc21. The molecule has 0 spiro atoms. The molecule has 0 fully saturated rings. The largest absolute Gasteiger partial charge is 0.443 e. The van der Waals surface area contributed by atoms with E-state index in [1.807, 2.05) is 20.8 Å². The van der Waals surface area contributed by atoms with Crippen molar-refractivity contribution in [3.8, 4) is 6.07 Å². The number of benzene rings is 1. The summed E-state index contributed by atoms with van der Waals surface area (Å²) >= 11 is 5.98. The van der Waals surface area contributed by atoms with Gasteiger partial charge in [-0.2, -0.15) is 5.26 Å². The molecule has 0 amide bonds. The molecule has 4 nitrogen and oxygen atoms in total. The maximum atomic E-state index is 12.2. The van der Waals surface area contributed by atoms with E-state index >= 15 is 0 Å². The number of carbonyl (C=O) groups is 1. The number of hydrogen-bond donors (Lipinski definition) is 0. The Labute approximate surface area is 122 Å². The highest BCUT2D eigenvalue weighted by molar-refractivity contribution is 6.31. The van der Waals surface area contributed by atoms with Crippen LogP contribution in [0.3, 0.4) is 0 Å². The number of aromatic nitrogens is 1. The van der Waals surface area contributed by atoms with E-state index in [-0.39, 0.29) is 6.42 Å². The molecule has 0 aliphatic carbocycles. The van der Waals surface area contributed by atoms with Crippen LogP contribution in [0.5, 0.6) is 0 Å². The standard InChI is InChI=1S/C15H15ClN2O2/c1-15(2,3)20-14(19)18-9-10(6-7-17)12-8-11(16)4-5-13(12)18/h4-5,8-9H,6H2,1-3H3. The Bertz CT molecular complexity index is 705. The molecule has 0 radical (unpaired) electrons. The van der Waals surface area contributed by atoms with E-state index in [0.717, 1.165) is 10.9 Å². The van der Waals surface area contributed by atoms with Gasteiger partial charge in [-0.3, -0.25) is 4.57 Å². The van der Waals surface area contributed by atoms with Crippen LogP contribution in [0, 0.1) is 11.3 Å². The number of ether oxygens (including phenoxy) is 1. The van der Waals surface area contributed by atoms with Gasteiger partial charge in [0.05, 0.1) is 18.0 Å². The second-order valence-electron chi connectivity index (χ2n) is 5.50. The van der Waals surface area contributed by atoms with Gasteiger partial charge in [-0.05, 0) is 44.5 Å². The van der Waals surface area contributed by atoms with Crippen molar-refractivity contribution in [2.24, 2.45) is 0 Å². The molecule has 1 aromatic carbocycles. The van der Waals surface area contributed by atoms with Crippen LogP contribution in [0.1, 0.15) is 26.3 Å². The van der Waals surface area contributed by atoms with Gasteiger partial charge < -0.3 is 4.74 Å². The maximum Gasteiger partial charge on any atom is 0.419 e. The first kappa shape index (κ1) is 14.4. The van der Waals surface area contributed by atoms with Gasteiger partial charge in [0.2, 0.25) is 0 Å². The maximum absolute atomic E-state index is 12.2. The van der Waals surface area contributed by atoms with Crippen LogP contribution in [-0.2, 0) is 11.2 Å². The number of nitrogens with zero attached hydrogens (tertiary/aromatic N) is 2. The van der Waals surface area contributed by atoms with Crippen molar-refractivity contribution >= 4 is 28.6 Å². The Morgan fingerprint density at radius 3 is 2.75 bits per heavy atom. The lowest BCUT2D eigenvalue weighted by Gasteiger charge is -2.19. The summed E-state index contributed by atoms with van der Waals surface area (Å²) in [6.45, 7) is 5.43. The summed E-state index contributed by atoms with van der Waals surface area (Å²) in [7, 11) is 0. The van der Waals surface area contributed by atoms with Crippen molar-refractivity contribution in [1.82, 2.24) is 4.57 Å². The van der Waals surface area contributed by atoms with Crippen LogP contribution >= 0.6 is 11.6 Å². The summed E-state index contributed by atoms with van der Waals surface area (Å²) in [5.74, 6) is 0. The summed E-state index contributed by atoms with van der Waals surface area (Å²) in [6, 6.07) is 7.30. The number of nitriles is 1. The second-order valence-corrected chi connectivity index (χ2v) is 5.94. The molecule has 0 saturated heterocycles. The van der Waals surface area contributed by atoms with Gasteiger partial charge >= 0.3 is 6.09 Å². The summed E-state index contributed by atoms with van der Waals surface area (Å²) in [5, 5.41) is 10.2. The first-order valence-corrected chi connectivity index (χ1v) is 6.59. The molecular weight excluding hydrogens is 276 g/mol. The van der Waals surface area contributed by atoms with Crippen molar-refractivity contribution < 1.29 is 9.53 Å². The summed E-state index contributed by atoms with van der Waals surface area (Å²) in [6.07, 6.45) is 1.39. The average molecular weight is 291 g/mol. The van der Waals surface area contributed by atoms with Crippen LogP contribution < -0.4 is 0 Å². The van der Waals surface area contributed by atoms with Crippen molar-refractivity contribution in [1.29, 1.82) is 5.26 Å². The van der Waals surface area contributed by atoms with Crippen molar-refractivity contribution in [3.63, 3.8) is 0 Å². The molecule has 0 aliphatic heterocycles. The normalized spacial score (nSPS) is 11.3. The fraction of sp³-hybridized carbons (Fsp3) is 0.333. The molecule has 0 unspecified atom stereocenters. The quantitative estimate of drug-likeness (QED) is 0.793. The highest BCUT2D eigenvalue weighted by Gasteiger charge is 2.20. The van der Waals surface area contributed by atoms with Crippen LogP contribution in [0.2, 0.25) is 5.02 Å². The first-order chi connectivity index (χ1) is 9.31. The van der Waals surface area contributed by atoms with Crippen molar-refractivity contribution in [2.45, 2.75) is 32.8 Å². The molecule has 104 valence electrons. The third kappa shape index (κ3) is 2.94. The van der Waals surface area contributed by atoms with Gasteiger partial charge in [0.25, 0.3) is 0 Å². The van der Waals surface area contributed by atoms with Gasteiger partial charge in [-0.25, -0.2) is 4.79 Å². The van der Waals surface area contributed by atoms with Gasteiger partial charge in [0.15, 0.2) is 0 Å². The Kier molecular flexibility index (Phi) is 3.74. The lowest BCUT2D eigenvalue weighted by Crippen LogP contribution is -2.26. The minimum Gasteiger partial charge on any atom is -0.443 e. The topological polar surface area (TPSA) is 55.0 Å². The highest BCUT2D eigenvalue weighted by atomic mass is 35.5. The molecule has 2 rings (SSSR count). The number of rotatable bonds is 1. The molecular formula is C15H15ClN2O2. The predicted molar refractivity (Wildman–Crippen MR) is 77.9 cm³/mol. The van der Waals surface area contributed by atoms with Crippen LogP contribution in [0.25, 0.3) is 10.9 Å². The van der Waals surface area contributed by atoms with Gasteiger partial charge in [-0.1, -0.05) is 11.6 Å². The van der Waals surface area contributed by atoms with E-state index in [9.17, 15) is 4.79 Å². The fourth-order valence-corrected chi connectivity index (χ4v) is 2.13. The smallest absolute Gasteiger partial charge is 0.419 e. The van der Waals surface area contributed by atoms with E-state index in [0.29, 0.717) is 10.5 Å². The average Bonchev–Trinajstić information content (AvgIpc) is 2.66. The van der Waals surface area contributed by atoms with Crippen LogP contribution in [0.15, 0.2) is 24.4 Å². The molecule has 20 heavy (non-hydrogen) atoms. The van der Waals surface area contributed by atoms with Gasteiger partial charge in [0, 0.05) is 16.6 Å². The number of hydrogen-bond acceptors (Lipinski definition) is 3. The van der Waals surface area contributed by atoms with Crippen LogP contribution in [-0.4, -0.2) is 16.3 Å². The zero-order valence-electron chi connectivity index (χ0n) is 11.6. The monoisotopic (exact) mass is 290 g/mol. The van der Waals surface area contributed by atoms with E-state index < -0.39 is 11.7 Å². The predicted octanol–water partition coefficient (Wildman–Crippen LogP) is 4.14. The highest BCUT2D eigenvalue weighted by Crippen LogP contribution is 2.26. The van der Waals surface area contributed by atoms with E-state index in [2.05, 4.69) is 6.07 Å². The first-order valence-electron chi connectivity index (χ1n) is 6.21. The minimum absolute atomic E-state index is 0.215. The van der Waals surface area contributed by atoms with E-state index in [1.54, 1.807) is 24.4 Å². The zero-order chi connectivity index (χ0) is 14.9. The number of halogens is 1. The molecule has 0 atom stereocenters. The number of carbonyl (C=O) groups excluding carboxylic acids is 1. The molecule has 0 saturated carbocycles. The molecule has 0 N–H and O–H groups in total. The Morgan fingerprint density at radius 2 is 2.15 bits per heavy atom. The summed E-state index contributed by atoms with van der Waals surface area (Å²) in [4.78, 5) is 12.2. The Hall–Kier alpha value is -1.99. The van der Waals surface area contributed by atoms with Crippen molar-refractivity contribution in [3.05, 3.63) is 35.0 Å². The fourth-order valence-electron chi connectivity index (χ4n) is 1.96. The lowest BCUT2D eigenvalue weighted by atomic mass is 10.1. The second kappa shape index (κ2) is 5.18. The van der Waals surface area contributed by atoms with E-state index in [4.69, 9.17) is 21.6 Å². The molecule has 2 aromatic rings. The molecule has 1 heterocycles. The Morgan fingerprint density at radius 1 is 1.45 bits per heavy atom. The molecule has 1 aromatic heterocycles. The zero-order valence-corrected chi connectivity index (χ0v) is 12.4. The Balaban J connectivity index is 2.54. The molecule has 0 aliphatic rings. The molecule has 5 heteroatoms.